The normalized spacial score (nSPS) is 14.5. The van der Waals surface area contributed by atoms with E-state index in [1.165, 1.54) is 7.11 Å². The molecule has 9 heteroatoms. The van der Waals surface area contributed by atoms with Crippen LogP contribution >= 0.6 is 50.3 Å². The van der Waals surface area contributed by atoms with E-state index >= 15 is 0 Å². The minimum atomic E-state index is -0.395. The molecule has 3 aromatic rings. The molecular weight excluding hydrogens is 645 g/mol. The summed E-state index contributed by atoms with van der Waals surface area (Å²) in [5.74, 6) is 1.27. The van der Waals surface area contributed by atoms with Gasteiger partial charge in [0.2, 0.25) is 0 Å². The van der Waals surface area contributed by atoms with Gasteiger partial charge < -0.3 is 14.2 Å². The average molecular weight is 666 g/mol. The number of hydrogen-bond donors (Lipinski definition) is 0. The van der Waals surface area contributed by atoms with Crippen LogP contribution in [-0.2, 0) is 11.4 Å². The number of rotatable bonds is 8. The Morgan fingerprint density at radius 2 is 1.77 bits per heavy atom. The molecule has 0 aliphatic carbocycles. The first-order valence-electron chi connectivity index (χ1n) is 10.7. The van der Waals surface area contributed by atoms with Crippen LogP contribution in [0.2, 0.25) is 0 Å². The van der Waals surface area contributed by atoms with Gasteiger partial charge in [0.25, 0.3) is 11.1 Å². The summed E-state index contributed by atoms with van der Waals surface area (Å²) in [5, 5.41) is -0.375. The number of carbonyl (C=O) groups is 2. The maximum atomic E-state index is 13.1. The fraction of sp³-hybridized carbons (Fsp3) is 0.154. The van der Waals surface area contributed by atoms with Crippen LogP contribution < -0.4 is 19.1 Å². The predicted molar refractivity (Wildman–Crippen MR) is 150 cm³/mol. The Labute approximate surface area is 229 Å². The highest BCUT2D eigenvalue weighted by Gasteiger charge is 2.37. The van der Waals surface area contributed by atoms with Crippen LogP contribution in [0.1, 0.15) is 18.1 Å². The maximum Gasteiger partial charge on any atom is 0.298 e. The van der Waals surface area contributed by atoms with Crippen LogP contribution in [0, 0.1) is 3.57 Å². The van der Waals surface area contributed by atoms with Gasteiger partial charge in [-0.05, 0) is 94.9 Å². The lowest BCUT2D eigenvalue weighted by molar-refractivity contribution is -0.113. The van der Waals surface area contributed by atoms with Crippen LogP contribution in [0.15, 0.2) is 70.0 Å². The number of benzene rings is 3. The molecule has 0 bridgehead atoms. The van der Waals surface area contributed by atoms with E-state index in [4.69, 9.17) is 14.2 Å². The second-order valence-corrected chi connectivity index (χ2v) is 10.4. The summed E-state index contributed by atoms with van der Waals surface area (Å²) in [6, 6.07) is 18.6. The molecule has 0 N–H and O–H groups in total. The minimum absolute atomic E-state index is 0.322. The summed E-state index contributed by atoms with van der Waals surface area (Å²) < 4.78 is 19.1. The number of thioether (sulfide) groups is 1. The van der Waals surface area contributed by atoms with Gasteiger partial charge in [0.05, 0.1) is 27.9 Å². The minimum Gasteiger partial charge on any atom is -0.495 e. The third-order valence-electron chi connectivity index (χ3n) is 5.05. The highest BCUT2D eigenvalue weighted by molar-refractivity contribution is 14.1. The van der Waals surface area contributed by atoms with Crippen molar-refractivity contribution in [1.82, 2.24) is 0 Å². The van der Waals surface area contributed by atoms with Gasteiger partial charge in [-0.1, -0.05) is 40.2 Å². The molecule has 1 fully saturated rings. The molecule has 1 aliphatic rings. The number of methoxy groups -OCH3 is 1. The van der Waals surface area contributed by atoms with Crippen LogP contribution in [0.4, 0.5) is 10.5 Å². The van der Waals surface area contributed by atoms with Gasteiger partial charge in [0.1, 0.15) is 12.4 Å². The molecule has 1 aliphatic heterocycles. The first-order valence-corrected chi connectivity index (χ1v) is 13.3. The smallest absolute Gasteiger partial charge is 0.298 e. The van der Waals surface area contributed by atoms with Crippen molar-refractivity contribution in [2.75, 3.05) is 18.6 Å². The second kappa shape index (κ2) is 11.5. The number of amides is 2. The van der Waals surface area contributed by atoms with Crippen molar-refractivity contribution in [1.29, 1.82) is 0 Å². The monoisotopic (exact) mass is 665 g/mol. The van der Waals surface area contributed by atoms with Crippen LogP contribution in [0.3, 0.4) is 0 Å². The van der Waals surface area contributed by atoms with Crippen LogP contribution in [0.25, 0.3) is 6.08 Å². The molecule has 1 saturated heterocycles. The molecule has 6 nitrogen and oxygen atoms in total. The largest absolute Gasteiger partial charge is 0.495 e. The molecule has 2 amide bonds. The molecule has 0 saturated carbocycles. The summed E-state index contributed by atoms with van der Waals surface area (Å²) in [6.07, 6.45) is 1.70. The van der Waals surface area contributed by atoms with E-state index in [1.807, 2.05) is 43.3 Å². The Morgan fingerprint density at radius 3 is 2.49 bits per heavy atom. The maximum absolute atomic E-state index is 13.1. The summed E-state index contributed by atoms with van der Waals surface area (Å²) >= 11 is 6.52. The SMILES string of the molecule is CCOc1cc(/C=C2\SC(=O)N(c3ccccc3OC)C2=O)cc(I)c1OCc1ccc(Br)cc1. The van der Waals surface area contributed by atoms with E-state index in [0.29, 0.717) is 41.1 Å². The standard InChI is InChI=1S/C26H21BrINO5S/c1-3-33-22-13-17(12-19(28)24(22)34-15-16-8-10-18(27)11-9-16)14-23-25(30)29(26(31)35-23)20-6-4-5-7-21(20)32-2/h4-14H,3,15H2,1-2H3/b23-14-. The van der Waals surface area contributed by atoms with Gasteiger partial charge in [-0.2, -0.15) is 0 Å². The molecule has 1 heterocycles. The van der Waals surface area contributed by atoms with Crippen molar-refractivity contribution < 1.29 is 23.8 Å². The molecule has 0 aromatic heterocycles. The number of hydrogen-bond acceptors (Lipinski definition) is 6. The van der Waals surface area contributed by atoms with Crippen LogP contribution in [-0.4, -0.2) is 24.9 Å². The van der Waals surface area contributed by atoms with Gasteiger partial charge in [-0.15, -0.1) is 0 Å². The zero-order valence-corrected chi connectivity index (χ0v) is 23.5. The molecule has 3 aromatic carbocycles. The van der Waals surface area contributed by atoms with Crippen molar-refractivity contribution in [3.8, 4) is 17.2 Å². The van der Waals surface area contributed by atoms with Crippen molar-refractivity contribution in [2.45, 2.75) is 13.5 Å². The molecule has 0 atom stereocenters. The number of nitrogens with zero attached hydrogens (tertiary/aromatic N) is 1. The molecule has 180 valence electrons. The zero-order chi connectivity index (χ0) is 24.9. The quantitative estimate of drug-likeness (QED) is 0.186. The fourth-order valence-electron chi connectivity index (χ4n) is 3.45. The number of ether oxygens (including phenoxy) is 3. The lowest BCUT2D eigenvalue weighted by Crippen LogP contribution is -2.28. The van der Waals surface area contributed by atoms with Crippen LogP contribution in [0.5, 0.6) is 17.2 Å². The summed E-state index contributed by atoms with van der Waals surface area (Å²) in [4.78, 5) is 27.3. The highest BCUT2D eigenvalue weighted by atomic mass is 127. The summed E-state index contributed by atoms with van der Waals surface area (Å²) in [7, 11) is 1.51. The molecule has 35 heavy (non-hydrogen) atoms. The predicted octanol–water partition coefficient (Wildman–Crippen LogP) is 7.28. The Bertz CT molecular complexity index is 1300. The number of carbonyl (C=O) groups excluding carboxylic acids is 2. The molecule has 0 unspecified atom stereocenters. The average Bonchev–Trinajstić information content (AvgIpc) is 3.12. The fourth-order valence-corrected chi connectivity index (χ4v) is 5.33. The van der Waals surface area contributed by atoms with E-state index in [0.717, 1.165) is 35.8 Å². The summed E-state index contributed by atoms with van der Waals surface area (Å²) in [6.45, 7) is 2.75. The van der Waals surface area contributed by atoms with Gasteiger partial charge in [-0.25, -0.2) is 4.90 Å². The first kappa shape index (κ1) is 25.6. The van der Waals surface area contributed by atoms with Crippen molar-refractivity contribution in [3.05, 3.63) is 84.7 Å². The molecule has 0 spiro atoms. The third kappa shape index (κ3) is 5.84. The van der Waals surface area contributed by atoms with E-state index in [2.05, 4.69) is 38.5 Å². The highest BCUT2D eigenvalue weighted by Crippen LogP contribution is 2.41. The summed E-state index contributed by atoms with van der Waals surface area (Å²) in [5.41, 5.74) is 2.18. The zero-order valence-electron chi connectivity index (χ0n) is 18.9. The molecule has 0 radical (unpaired) electrons. The number of imide groups is 1. The number of anilines is 1. The van der Waals surface area contributed by atoms with E-state index in [1.54, 1.807) is 30.3 Å². The third-order valence-corrected chi connectivity index (χ3v) is 7.25. The van der Waals surface area contributed by atoms with Gasteiger partial charge in [0, 0.05) is 4.47 Å². The van der Waals surface area contributed by atoms with E-state index < -0.39 is 5.91 Å². The second-order valence-electron chi connectivity index (χ2n) is 7.37. The van der Waals surface area contributed by atoms with Crippen molar-refractivity contribution in [2.24, 2.45) is 0 Å². The first-order chi connectivity index (χ1) is 16.9. The lowest BCUT2D eigenvalue weighted by Gasteiger charge is -2.16. The Kier molecular flexibility index (Phi) is 8.40. The lowest BCUT2D eigenvalue weighted by atomic mass is 10.1. The topological polar surface area (TPSA) is 65.1 Å². The van der Waals surface area contributed by atoms with Gasteiger partial charge in [0.15, 0.2) is 11.5 Å². The van der Waals surface area contributed by atoms with E-state index in [9.17, 15) is 9.59 Å². The van der Waals surface area contributed by atoms with Crippen molar-refractivity contribution in [3.63, 3.8) is 0 Å². The van der Waals surface area contributed by atoms with Gasteiger partial charge in [-0.3, -0.25) is 9.59 Å². The number of halogens is 2. The molecular formula is C26H21BrINO5S. The van der Waals surface area contributed by atoms with Crippen molar-refractivity contribution >= 4 is 73.2 Å². The number of para-hydroxylation sites is 2. The molecule has 4 rings (SSSR count). The van der Waals surface area contributed by atoms with Gasteiger partial charge >= 0.3 is 0 Å². The Hall–Kier alpha value is -2.50. The Balaban J connectivity index is 1.61. The Morgan fingerprint density at radius 1 is 1.03 bits per heavy atom. The van der Waals surface area contributed by atoms with E-state index in [-0.39, 0.29) is 5.24 Å².